The Morgan fingerprint density at radius 3 is 2.61 bits per heavy atom. The van der Waals surface area contributed by atoms with E-state index >= 15 is 0 Å². The van der Waals surface area contributed by atoms with Crippen LogP contribution in [0.15, 0.2) is 46.9 Å². The van der Waals surface area contributed by atoms with Crippen LogP contribution in [-0.2, 0) is 14.3 Å². The number of ether oxygens (including phenoxy) is 2. The van der Waals surface area contributed by atoms with Crippen LogP contribution in [0.2, 0.25) is 0 Å². The summed E-state index contributed by atoms with van der Waals surface area (Å²) in [6.07, 6.45) is -0.500. The normalized spacial score (nSPS) is 11.5. The van der Waals surface area contributed by atoms with E-state index in [1.165, 1.54) is 0 Å². The summed E-state index contributed by atoms with van der Waals surface area (Å²) in [5.74, 6) is -0.368. The van der Waals surface area contributed by atoms with Crippen LogP contribution in [0, 0.1) is 3.57 Å². The number of esters is 1. The van der Waals surface area contributed by atoms with E-state index in [2.05, 4.69) is 56.5 Å². The fourth-order valence-corrected chi connectivity index (χ4v) is 3.24. The number of phenolic OH excluding ortho intramolecular Hbond substituents is 1. The number of thiol groups is 1. The van der Waals surface area contributed by atoms with E-state index in [0.29, 0.717) is 24.1 Å². The molecule has 0 fully saturated rings. The maximum Gasteiger partial charge on any atom is 0.412 e. The number of anilines is 1. The quantitative estimate of drug-likeness (QED) is 0.171. The predicted molar refractivity (Wildman–Crippen MR) is 122 cm³/mol. The summed E-state index contributed by atoms with van der Waals surface area (Å²) in [5, 5.41) is 12.9. The van der Waals surface area contributed by atoms with Gasteiger partial charge in [0, 0.05) is 19.3 Å². The summed E-state index contributed by atoms with van der Waals surface area (Å²) in [7, 11) is 0. The maximum atomic E-state index is 12.3. The van der Waals surface area contributed by atoms with Crippen LogP contribution in [0.1, 0.15) is 24.5 Å². The zero-order chi connectivity index (χ0) is 20.5. The van der Waals surface area contributed by atoms with Crippen LogP contribution < -0.4 is 5.32 Å². The Hall–Kier alpha value is -1.46. The number of carbonyl (C=O) groups is 2. The zero-order valence-corrected chi connectivity index (χ0v) is 19.4. The van der Waals surface area contributed by atoms with E-state index in [0.717, 1.165) is 8.04 Å². The number of hydrogen-bond acceptors (Lipinski definition) is 6. The third kappa shape index (κ3) is 7.51. The fourth-order valence-electron chi connectivity index (χ4n) is 2.37. The molecule has 0 spiro atoms. The molecule has 0 aliphatic rings. The van der Waals surface area contributed by atoms with Gasteiger partial charge in [-0.2, -0.15) is 12.6 Å². The third-order valence-corrected chi connectivity index (χ3v) is 5.14. The number of benzene rings is 2. The highest BCUT2D eigenvalue weighted by Gasteiger charge is 2.21. The number of phenols is 1. The second kappa shape index (κ2) is 11.5. The molecule has 0 aliphatic heterocycles. The monoisotopic (exact) mass is 579 g/mol. The lowest BCUT2D eigenvalue weighted by molar-refractivity contribution is -0.140. The summed E-state index contributed by atoms with van der Waals surface area (Å²) in [4.78, 5) is 23.5. The summed E-state index contributed by atoms with van der Waals surface area (Å²) < 4.78 is 12.4. The fraction of sp³-hybridized carbons (Fsp3) is 0.263. The second-order valence-corrected chi connectivity index (χ2v) is 8.23. The summed E-state index contributed by atoms with van der Waals surface area (Å²) in [6.45, 7) is 0.179. The van der Waals surface area contributed by atoms with Crippen molar-refractivity contribution in [1.29, 1.82) is 0 Å². The molecule has 0 aliphatic carbocycles. The lowest BCUT2D eigenvalue weighted by Gasteiger charge is -2.20. The lowest BCUT2D eigenvalue weighted by atomic mass is 10.0. The first-order valence-electron chi connectivity index (χ1n) is 8.37. The molecule has 28 heavy (non-hydrogen) atoms. The van der Waals surface area contributed by atoms with Gasteiger partial charge in [-0.1, -0.05) is 15.9 Å². The van der Waals surface area contributed by atoms with E-state index in [9.17, 15) is 14.7 Å². The van der Waals surface area contributed by atoms with Crippen molar-refractivity contribution >= 4 is 68.9 Å². The Balaban J connectivity index is 2.06. The van der Waals surface area contributed by atoms with E-state index in [1.54, 1.807) is 42.5 Å². The van der Waals surface area contributed by atoms with Crippen molar-refractivity contribution < 1.29 is 24.2 Å². The van der Waals surface area contributed by atoms with Crippen molar-refractivity contribution in [3.8, 4) is 5.75 Å². The van der Waals surface area contributed by atoms with Gasteiger partial charge in [0.25, 0.3) is 0 Å². The van der Waals surface area contributed by atoms with E-state index in [-0.39, 0.29) is 18.1 Å². The third-order valence-electron chi connectivity index (χ3n) is 3.68. The van der Waals surface area contributed by atoms with E-state index < -0.39 is 18.2 Å². The van der Waals surface area contributed by atoms with Crippen LogP contribution in [0.25, 0.3) is 0 Å². The standard InChI is InChI=1S/C19H19BrINO5S/c20-12-3-6-14(7-4-12)22-19(25)27-17(2-1-9-26-18(24)11-28)15-10-13(21)5-8-16(15)23/h3-8,10,17,23,28H,1-2,9,11H2,(H,22,25)/t17-/m0/s1. The van der Waals surface area contributed by atoms with Gasteiger partial charge in [0.15, 0.2) is 0 Å². The number of aromatic hydroxyl groups is 1. The molecule has 0 unspecified atom stereocenters. The molecule has 0 bridgehead atoms. The van der Waals surface area contributed by atoms with Crippen molar-refractivity contribution in [1.82, 2.24) is 0 Å². The van der Waals surface area contributed by atoms with E-state index in [1.807, 2.05) is 0 Å². The van der Waals surface area contributed by atoms with Crippen LogP contribution in [0.5, 0.6) is 5.75 Å². The minimum atomic E-state index is -0.695. The molecule has 1 atom stereocenters. The van der Waals surface area contributed by atoms with Crippen molar-refractivity contribution in [2.75, 3.05) is 17.7 Å². The maximum absolute atomic E-state index is 12.3. The molecular weight excluding hydrogens is 561 g/mol. The number of nitrogens with one attached hydrogen (secondary N) is 1. The molecule has 0 saturated heterocycles. The van der Waals surface area contributed by atoms with Crippen LogP contribution in [0.3, 0.4) is 0 Å². The van der Waals surface area contributed by atoms with Gasteiger partial charge in [0.2, 0.25) is 0 Å². The minimum Gasteiger partial charge on any atom is -0.508 e. The Kier molecular flexibility index (Phi) is 9.39. The van der Waals surface area contributed by atoms with Crippen molar-refractivity contribution in [3.63, 3.8) is 0 Å². The van der Waals surface area contributed by atoms with Crippen LogP contribution in [-0.4, -0.2) is 29.5 Å². The highest BCUT2D eigenvalue weighted by atomic mass is 127. The van der Waals surface area contributed by atoms with Gasteiger partial charge < -0.3 is 14.6 Å². The molecule has 2 N–H and O–H groups in total. The molecule has 6 nitrogen and oxygen atoms in total. The van der Waals surface area contributed by atoms with Gasteiger partial charge in [0.05, 0.1) is 12.4 Å². The van der Waals surface area contributed by atoms with E-state index in [4.69, 9.17) is 9.47 Å². The zero-order valence-electron chi connectivity index (χ0n) is 14.7. The Bertz CT molecular complexity index is 818. The summed E-state index contributed by atoms with van der Waals surface area (Å²) in [5.41, 5.74) is 1.08. The molecule has 0 radical (unpaired) electrons. The molecule has 0 aromatic heterocycles. The highest BCUT2D eigenvalue weighted by Crippen LogP contribution is 2.32. The van der Waals surface area contributed by atoms with Gasteiger partial charge in [-0.15, -0.1) is 0 Å². The van der Waals surface area contributed by atoms with Gasteiger partial charge in [-0.3, -0.25) is 10.1 Å². The Labute approximate surface area is 190 Å². The lowest BCUT2D eigenvalue weighted by Crippen LogP contribution is -2.18. The van der Waals surface area contributed by atoms with Gasteiger partial charge in [0.1, 0.15) is 11.9 Å². The van der Waals surface area contributed by atoms with Crippen molar-refractivity contribution in [2.45, 2.75) is 18.9 Å². The molecule has 0 heterocycles. The number of halogens is 2. The molecule has 150 valence electrons. The Morgan fingerprint density at radius 2 is 1.93 bits per heavy atom. The molecule has 0 saturated carbocycles. The van der Waals surface area contributed by atoms with Crippen molar-refractivity contribution in [3.05, 3.63) is 56.1 Å². The first kappa shape index (κ1) is 22.8. The van der Waals surface area contributed by atoms with Crippen LogP contribution in [0.4, 0.5) is 10.5 Å². The van der Waals surface area contributed by atoms with Crippen molar-refractivity contribution in [2.24, 2.45) is 0 Å². The average Bonchev–Trinajstić information content (AvgIpc) is 2.67. The second-order valence-electron chi connectivity index (χ2n) is 5.75. The first-order chi connectivity index (χ1) is 13.4. The number of hydrogen-bond donors (Lipinski definition) is 3. The smallest absolute Gasteiger partial charge is 0.412 e. The van der Waals surface area contributed by atoms with Gasteiger partial charge in [-0.25, -0.2) is 4.79 Å². The molecule has 2 aromatic carbocycles. The number of rotatable bonds is 8. The SMILES string of the molecule is O=C(CS)OCCC[C@H](OC(=O)Nc1ccc(Br)cc1)c1cc(I)ccc1O. The summed E-state index contributed by atoms with van der Waals surface area (Å²) in [6, 6.07) is 12.1. The molecular formula is C19H19BrINO5S. The molecule has 2 aromatic rings. The number of amides is 1. The molecule has 2 rings (SSSR count). The first-order valence-corrected chi connectivity index (χ1v) is 10.9. The van der Waals surface area contributed by atoms with Gasteiger partial charge >= 0.3 is 12.1 Å². The summed E-state index contributed by atoms with van der Waals surface area (Å²) >= 11 is 9.30. The molecule has 9 heteroatoms. The van der Waals surface area contributed by atoms with Crippen LogP contribution >= 0.6 is 51.1 Å². The average molecular weight is 580 g/mol. The topological polar surface area (TPSA) is 84.9 Å². The minimum absolute atomic E-state index is 0.00714. The van der Waals surface area contributed by atoms with Gasteiger partial charge in [-0.05, 0) is 77.9 Å². The highest BCUT2D eigenvalue weighted by molar-refractivity contribution is 14.1. The number of carbonyl (C=O) groups excluding carboxylic acids is 2. The molecule has 1 amide bonds. The largest absolute Gasteiger partial charge is 0.508 e. The predicted octanol–water partition coefficient (Wildman–Crippen LogP) is 5.30. The Morgan fingerprint density at radius 1 is 1.21 bits per heavy atom.